The predicted molar refractivity (Wildman–Crippen MR) is 104 cm³/mol. The minimum Gasteiger partial charge on any atom is -0.477 e. The molecule has 0 aromatic heterocycles. The van der Waals surface area contributed by atoms with Crippen molar-refractivity contribution in [1.82, 2.24) is 9.80 Å². The van der Waals surface area contributed by atoms with Crippen LogP contribution >= 0.6 is 0 Å². The summed E-state index contributed by atoms with van der Waals surface area (Å²) in [5.74, 6) is -1.12. The lowest BCUT2D eigenvalue weighted by Gasteiger charge is -2.44. The van der Waals surface area contributed by atoms with E-state index in [0.717, 1.165) is 5.56 Å². The molecule has 2 heterocycles. The topological polar surface area (TPSA) is 71.5 Å². The van der Waals surface area contributed by atoms with Crippen molar-refractivity contribution in [2.24, 2.45) is 0 Å². The maximum absolute atomic E-state index is 13.8. The van der Waals surface area contributed by atoms with E-state index in [0.29, 0.717) is 45.0 Å². The Balaban J connectivity index is 2.00. The van der Waals surface area contributed by atoms with Crippen LogP contribution in [0.5, 0.6) is 0 Å². The van der Waals surface area contributed by atoms with Crippen LogP contribution in [0, 0.1) is 5.82 Å². The Hall–Kier alpha value is -2.42. The predicted octanol–water partition coefficient (Wildman–Crippen LogP) is 2.21. The molecule has 1 saturated heterocycles. The van der Waals surface area contributed by atoms with E-state index in [-0.39, 0.29) is 30.0 Å². The lowest BCUT2D eigenvalue weighted by atomic mass is 10.0. The number of hydrogen-bond donors (Lipinski definition) is 1. The van der Waals surface area contributed by atoms with Crippen molar-refractivity contribution in [1.29, 1.82) is 0 Å². The first-order chi connectivity index (χ1) is 14.0. The highest BCUT2D eigenvalue weighted by atomic mass is 19.1. The highest BCUT2D eigenvalue weighted by molar-refractivity contribution is 5.92. The Morgan fingerprint density at radius 1 is 1.31 bits per heavy atom. The van der Waals surface area contributed by atoms with Crippen LogP contribution in [0.2, 0.25) is 0 Å². The molecule has 0 bridgehead atoms. The first-order valence-corrected chi connectivity index (χ1v) is 9.62. The second kappa shape index (κ2) is 9.87. The molecule has 0 amide bonds. The largest absolute Gasteiger partial charge is 0.477 e. The number of halogens is 1. The third-order valence-corrected chi connectivity index (χ3v) is 4.99. The summed E-state index contributed by atoms with van der Waals surface area (Å²) in [6, 6.07) is 6.30. The quantitative estimate of drug-likeness (QED) is 0.664. The van der Waals surface area contributed by atoms with Crippen molar-refractivity contribution >= 4 is 5.97 Å². The molecule has 7 nitrogen and oxygen atoms in total. The van der Waals surface area contributed by atoms with Crippen molar-refractivity contribution in [2.75, 3.05) is 46.6 Å². The van der Waals surface area contributed by atoms with Gasteiger partial charge in [-0.2, -0.15) is 0 Å². The van der Waals surface area contributed by atoms with Gasteiger partial charge in [0.2, 0.25) is 5.88 Å². The number of hydrogen-bond acceptors (Lipinski definition) is 6. The Labute approximate surface area is 169 Å². The highest BCUT2D eigenvalue weighted by Crippen LogP contribution is 2.31. The fraction of sp³-hybridized carbons (Fsp3) is 0.476. The third-order valence-electron chi connectivity index (χ3n) is 4.99. The number of carbonyl (C=O) groups is 1. The number of carboxylic acids is 1. The van der Waals surface area contributed by atoms with Crippen molar-refractivity contribution in [2.45, 2.75) is 19.6 Å². The van der Waals surface area contributed by atoms with E-state index in [2.05, 4.69) is 4.90 Å². The molecule has 2 aliphatic rings. The van der Waals surface area contributed by atoms with Crippen LogP contribution in [0.25, 0.3) is 0 Å². The molecule has 0 spiro atoms. The number of rotatable bonds is 8. The Bertz CT molecular complexity index is 789. The molecule has 1 unspecified atom stereocenters. The Kier molecular flexibility index (Phi) is 7.24. The maximum atomic E-state index is 13.8. The Morgan fingerprint density at radius 3 is 2.72 bits per heavy atom. The van der Waals surface area contributed by atoms with Gasteiger partial charge in [0.05, 0.1) is 19.8 Å². The van der Waals surface area contributed by atoms with Crippen molar-refractivity contribution in [3.05, 3.63) is 58.8 Å². The fourth-order valence-electron chi connectivity index (χ4n) is 3.61. The SMILES string of the molecule is COCCOC1=C(C(=O)O)C(C)=CC(N2CCOCC2)N1Cc1cccc(F)c1. The van der Waals surface area contributed by atoms with Gasteiger partial charge < -0.3 is 24.2 Å². The summed E-state index contributed by atoms with van der Waals surface area (Å²) in [4.78, 5) is 16.1. The van der Waals surface area contributed by atoms with Crippen LogP contribution in [-0.4, -0.2) is 73.7 Å². The zero-order chi connectivity index (χ0) is 20.8. The summed E-state index contributed by atoms with van der Waals surface area (Å²) in [5, 5.41) is 9.83. The van der Waals surface area contributed by atoms with E-state index < -0.39 is 5.97 Å². The molecule has 1 aromatic rings. The molecule has 1 aromatic carbocycles. The molecular weight excluding hydrogens is 379 g/mol. The summed E-state index contributed by atoms with van der Waals surface area (Å²) in [5.41, 5.74) is 1.48. The number of benzene rings is 1. The molecule has 0 radical (unpaired) electrons. The average molecular weight is 406 g/mol. The molecule has 29 heavy (non-hydrogen) atoms. The minimum absolute atomic E-state index is 0.113. The second-order valence-electron chi connectivity index (χ2n) is 7.00. The van der Waals surface area contributed by atoms with E-state index in [1.807, 2.05) is 17.0 Å². The summed E-state index contributed by atoms with van der Waals surface area (Å²) in [6.07, 6.45) is 1.71. The first kappa shape index (κ1) is 21.3. The molecule has 3 rings (SSSR count). The molecule has 1 N–H and O–H groups in total. The van der Waals surface area contributed by atoms with Crippen molar-refractivity contribution in [3.8, 4) is 0 Å². The summed E-state index contributed by atoms with van der Waals surface area (Å²) in [7, 11) is 1.56. The number of morpholine rings is 1. The van der Waals surface area contributed by atoms with Gasteiger partial charge in [0, 0.05) is 26.7 Å². The number of ether oxygens (including phenoxy) is 3. The first-order valence-electron chi connectivity index (χ1n) is 9.62. The monoisotopic (exact) mass is 406 g/mol. The Morgan fingerprint density at radius 2 is 2.07 bits per heavy atom. The molecule has 0 aliphatic carbocycles. The van der Waals surface area contributed by atoms with Crippen LogP contribution in [0.3, 0.4) is 0 Å². The van der Waals surface area contributed by atoms with Gasteiger partial charge in [0.15, 0.2) is 0 Å². The molecule has 1 fully saturated rings. The van der Waals surface area contributed by atoms with Crippen LogP contribution in [0.4, 0.5) is 4.39 Å². The minimum atomic E-state index is -1.06. The lowest BCUT2D eigenvalue weighted by Crippen LogP contribution is -2.53. The lowest BCUT2D eigenvalue weighted by molar-refractivity contribution is -0.133. The van der Waals surface area contributed by atoms with Crippen LogP contribution in [0.1, 0.15) is 12.5 Å². The van der Waals surface area contributed by atoms with Crippen molar-refractivity contribution in [3.63, 3.8) is 0 Å². The summed E-state index contributed by atoms with van der Waals surface area (Å²) >= 11 is 0. The average Bonchev–Trinajstić information content (AvgIpc) is 2.70. The maximum Gasteiger partial charge on any atom is 0.341 e. The fourth-order valence-corrected chi connectivity index (χ4v) is 3.61. The molecule has 1 atom stereocenters. The van der Waals surface area contributed by atoms with E-state index in [9.17, 15) is 14.3 Å². The highest BCUT2D eigenvalue weighted by Gasteiger charge is 2.36. The van der Waals surface area contributed by atoms with Gasteiger partial charge in [-0.15, -0.1) is 0 Å². The standard InChI is InChI=1S/C21H27FN2O5/c1-15-12-18(23-6-8-28-9-7-23)24(14-16-4-3-5-17(22)13-16)20(19(15)21(25)26)29-11-10-27-2/h3-5,12-13,18H,6-11,14H2,1-2H3,(H,25,26). The third kappa shape index (κ3) is 5.14. The summed E-state index contributed by atoms with van der Waals surface area (Å²) in [6.45, 7) is 5.25. The van der Waals surface area contributed by atoms with Crippen molar-refractivity contribution < 1.29 is 28.5 Å². The van der Waals surface area contributed by atoms with Gasteiger partial charge in [0.25, 0.3) is 0 Å². The molecular formula is C21H27FN2O5. The van der Waals surface area contributed by atoms with Gasteiger partial charge in [-0.05, 0) is 36.3 Å². The van der Waals surface area contributed by atoms with Gasteiger partial charge in [-0.3, -0.25) is 4.90 Å². The molecule has 158 valence electrons. The number of aliphatic carboxylic acids is 1. The van der Waals surface area contributed by atoms with Gasteiger partial charge in [-0.25, -0.2) is 9.18 Å². The summed E-state index contributed by atoms with van der Waals surface area (Å²) < 4.78 is 30.2. The normalized spacial score (nSPS) is 20.6. The van der Waals surface area contributed by atoms with Crippen LogP contribution < -0.4 is 0 Å². The van der Waals surface area contributed by atoms with E-state index in [4.69, 9.17) is 14.2 Å². The van der Waals surface area contributed by atoms with Gasteiger partial charge in [0.1, 0.15) is 24.2 Å². The van der Waals surface area contributed by atoms with Gasteiger partial charge >= 0.3 is 5.97 Å². The number of nitrogens with zero attached hydrogens (tertiary/aromatic N) is 2. The number of carboxylic acid groups (broad SMARTS) is 1. The molecule has 2 aliphatic heterocycles. The van der Waals surface area contributed by atoms with E-state index in [1.165, 1.54) is 12.1 Å². The van der Waals surface area contributed by atoms with E-state index in [1.54, 1.807) is 20.1 Å². The zero-order valence-corrected chi connectivity index (χ0v) is 16.8. The second-order valence-corrected chi connectivity index (χ2v) is 7.00. The number of methoxy groups -OCH3 is 1. The molecule has 0 saturated carbocycles. The van der Waals surface area contributed by atoms with Crippen LogP contribution in [-0.2, 0) is 25.5 Å². The van der Waals surface area contributed by atoms with E-state index >= 15 is 0 Å². The smallest absolute Gasteiger partial charge is 0.341 e. The van der Waals surface area contributed by atoms with Gasteiger partial charge in [-0.1, -0.05) is 12.1 Å². The zero-order valence-electron chi connectivity index (χ0n) is 16.8. The molecule has 8 heteroatoms. The van der Waals surface area contributed by atoms with Crippen LogP contribution in [0.15, 0.2) is 47.4 Å².